The van der Waals surface area contributed by atoms with Crippen molar-refractivity contribution in [2.75, 3.05) is 19.8 Å². The molecule has 0 amide bonds. The molecule has 0 spiro atoms. The Morgan fingerprint density at radius 3 is 2.57 bits per heavy atom. The maximum Gasteiger partial charge on any atom is 0.527 e. The highest BCUT2D eigenvalue weighted by Gasteiger charge is 2.34. The van der Waals surface area contributed by atoms with Gasteiger partial charge in [0.05, 0.1) is 12.6 Å². The Labute approximate surface area is 212 Å². The molecule has 0 aliphatic carbocycles. The second-order valence-electron chi connectivity index (χ2n) is 7.89. The van der Waals surface area contributed by atoms with Gasteiger partial charge in [0.15, 0.2) is 6.61 Å². The highest BCUT2D eigenvalue weighted by Crippen LogP contribution is 2.40. The van der Waals surface area contributed by atoms with Crippen LogP contribution in [0.2, 0.25) is 10.0 Å². The second-order valence-corrected chi connectivity index (χ2v) is 8.73. The number of hydrogen-bond donors (Lipinski definition) is 1. The summed E-state index contributed by atoms with van der Waals surface area (Å²) in [5.74, 6) is -0.774. The summed E-state index contributed by atoms with van der Waals surface area (Å²) in [5.41, 5.74) is 3.42. The Kier molecular flexibility index (Phi) is 8.13. The molecule has 0 aromatic heterocycles. The van der Waals surface area contributed by atoms with Crippen LogP contribution in [0.25, 0.3) is 0 Å². The summed E-state index contributed by atoms with van der Waals surface area (Å²) in [4.78, 5) is 29.3. The third kappa shape index (κ3) is 6.25. The number of fused-ring (bicyclic) bond motifs is 1. The number of carbonyl (C=O) groups is 2. The van der Waals surface area contributed by atoms with E-state index < -0.39 is 24.8 Å². The monoisotopic (exact) mass is 515 g/mol. The lowest BCUT2D eigenvalue weighted by Crippen LogP contribution is -2.38. The van der Waals surface area contributed by atoms with Gasteiger partial charge in [-0.1, -0.05) is 65.7 Å². The van der Waals surface area contributed by atoms with Crippen molar-refractivity contribution in [3.8, 4) is 5.75 Å². The fourth-order valence-electron chi connectivity index (χ4n) is 4.04. The van der Waals surface area contributed by atoms with Crippen LogP contribution in [0.1, 0.15) is 28.3 Å². The van der Waals surface area contributed by atoms with Crippen molar-refractivity contribution in [1.29, 1.82) is 0 Å². The molecule has 1 aliphatic heterocycles. The average molecular weight is 516 g/mol. The van der Waals surface area contributed by atoms with Crippen molar-refractivity contribution in [1.82, 2.24) is 5.06 Å². The maximum absolute atomic E-state index is 12.6. The van der Waals surface area contributed by atoms with Gasteiger partial charge in [-0.25, -0.2) is 9.59 Å². The Bertz CT molecular complexity index is 1220. The normalized spacial score (nSPS) is 15.2. The number of carboxylic acids is 1. The van der Waals surface area contributed by atoms with Crippen LogP contribution in [-0.4, -0.2) is 42.1 Å². The summed E-state index contributed by atoms with van der Waals surface area (Å²) >= 11 is 12.4. The lowest BCUT2D eigenvalue weighted by molar-refractivity contribution is -0.151. The minimum absolute atomic E-state index is 0.0990. The van der Waals surface area contributed by atoms with Crippen molar-refractivity contribution >= 4 is 35.3 Å². The van der Waals surface area contributed by atoms with Gasteiger partial charge in [0.1, 0.15) is 5.75 Å². The lowest BCUT2D eigenvalue weighted by Gasteiger charge is -2.36. The molecule has 0 saturated carbocycles. The zero-order valence-corrected chi connectivity index (χ0v) is 20.2. The molecule has 7 nitrogen and oxygen atoms in total. The quantitative estimate of drug-likeness (QED) is 0.384. The highest BCUT2D eigenvalue weighted by atomic mass is 35.5. The molecule has 1 unspecified atom stereocenters. The van der Waals surface area contributed by atoms with Crippen molar-refractivity contribution in [2.45, 2.75) is 18.9 Å². The van der Waals surface area contributed by atoms with Crippen LogP contribution < -0.4 is 4.74 Å². The van der Waals surface area contributed by atoms with Crippen LogP contribution in [0, 0.1) is 0 Å². The first kappa shape index (κ1) is 24.9. The third-order valence-corrected chi connectivity index (χ3v) is 6.20. The molecule has 0 fully saturated rings. The zero-order chi connectivity index (χ0) is 24.8. The number of hydrogen-bond acceptors (Lipinski definition) is 6. The van der Waals surface area contributed by atoms with Gasteiger partial charge in [-0.3, -0.25) is 0 Å². The van der Waals surface area contributed by atoms with Crippen molar-refractivity contribution in [3.63, 3.8) is 0 Å². The van der Waals surface area contributed by atoms with E-state index in [0.717, 1.165) is 16.7 Å². The molecule has 4 rings (SSSR count). The molecule has 0 radical (unpaired) electrons. The number of hydroxylamine groups is 2. The van der Waals surface area contributed by atoms with Crippen LogP contribution in [0.4, 0.5) is 4.79 Å². The summed E-state index contributed by atoms with van der Waals surface area (Å²) in [5, 5.41) is 11.6. The first-order chi connectivity index (χ1) is 16.9. The van der Waals surface area contributed by atoms with Crippen LogP contribution >= 0.6 is 23.2 Å². The lowest BCUT2D eigenvalue weighted by atomic mass is 9.89. The van der Waals surface area contributed by atoms with E-state index in [-0.39, 0.29) is 6.61 Å². The second kappa shape index (κ2) is 11.4. The molecular formula is C26H23Cl2NO6. The van der Waals surface area contributed by atoms with Crippen molar-refractivity contribution < 1.29 is 29.0 Å². The molecule has 1 heterocycles. The summed E-state index contributed by atoms with van der Waals surface area (Å²) < 4.78 is 10.8. The van der Waals surface area contributed by atoms with E-state index in [1.54, 1.807) is 24.3 Å². The fraction of sp³-hybridized carbons (Fsp3) is 0.231. The van der Waals surface area contributed by atoms with Crippen molar-refractivity contribution in [2.24, 2.45) is 0 Å². The first-order valence-corrected chi connectivity index (χ1v) is 11.7. The summed E-state index contributed by atoms with van der Waals surface area (Å²) in [6.07, 6.45) is 0.241. The Balaban J connectivity index is 1.55. The highest BCUT2D eigenvalue weighted by molar-refractivity contribution is 6.31. The molecule has 1 N–H and O–H groups in total. The topological polar surface area (TPSA) is 85.3 Å². The van der Waals surface area contributed by atoms with Gasteiger partial charge in [-0.05, 0) is 47.4 Å². The van der Waals surface area contributed by atoms with Gasteiger partial charge in [0.25, 0.3) is 0 Å². The van der Waals surface area contributed by atoms with Crippen LogP contribution in [-0.2, 0) is 27.2 Å². The SMILES string of the molecule is O=C(O)COc1ccc(Cl)cc1C1c2ccccc2CCN1OC(=O)OCCc1ccccc1Cl. The van der Waals surface area contributed by atoms with E-state index >= 15 is 0 Å². The Morgan fingerprint density at radius 2 is 1.77 bits per heavy atom. The molecule has 9 heteroatoms. The van der Waals surface area contributed by atoms with Crippen LogP contribution in [0.3, 0.4) is 0 Å². The van der Waals surface area contributed by atoms with Gasteiger partial charge in [0.2, 0.25) is 0 Å². The molecule has 3 aromatic carbocycles. The van der Waals surface area contributed by atoms with Gasteiger partial charge in [-0.15, -0.1) is 5.06 Å². The molecule has 1 atom stereocenters. The van der Waals surface area contributed by atoms with Gasteiger partial charge in [0, 0.05) is 28.6 Å². The van der Waals surface area contributed by atoms with E-state index in [2.05, 4.69) is 0 Å². The number of aliphatic carboxylic acids is 1. The zero-order valence-electron chi connectivity index (χ0n) is 18.7. The number of benzene rings is 3. The van der Waals surface area contributed by atoms with E-state index in [0.29, 0.717) is 40.7 Å². The smallest absolute Gasteiger partial charge is 0.482 e. The summed E-state index contributed by atoms with van der Waals surface area (Å²) in [7, 11) is 0. The van der Waals surface area contributed by atoms with Crippen LogP contribution in [0.5, 0.6) is 5.75 Å². The molecule has 182 valence electrons. The number of rotatable bonds is 8. The third-order valence-electron chi connectivity index (χ3n) is 5.60. The standard InChI is InChI=1S/C26H23Cl2NO6/c27-19-9-10-23(34-16-24(30)31)21(15-19)25-20-7-3-1-5-17(20)11-13-29(25)35-26(32)33-14-12-18-6-2-4-8-22(18)28/h1-10,15,25H,11-14,16H2,(H,30,31). The molecule has 0 saturated heterocycles. The number of ether oxygens (including phenoxy) is 2. The minimum atomic E-state index is -1.11. The fourth-order valence-corrected chi connectivity index (χ4v) is 4.45. The van der Waals surface area contributed by atoms with Gasteiger partial charge in [-0.2, -0.15) is 0 Å². The predicted molar refractivity (Wildman–Crippen MR) is 131 cm³/mol. The maximum atomic E-state index is 12.6. The van der Waals surface area contributed by atoms with E-state index in [9.17, 15) is 9.59 Å². The molecular weight excluding hydrogens is 493 g/mol. The number of carbonyl (C=O) groups excluding carboxylic acids is 1. The minimum Gasteiger partial charge on any atom is -0.482 e. The number of nitrogens with zero attached hydrogens (tertiary/aromatic N) is 1. The van der Waals surface area contributed by atoms with E-state index in [1.807, 2.05) is 42.5 Å². The molecule has 35 heavy (non-hydrogen) atoms. The average Bonchev–Trinajstić information content (AvgIpc) is 2.84. The van der Waals surface area contributed by atoms with Crippen LogP contribution in [0.15, 0.2) is 66.7 Å². The molecule has 0 bridgehead atoms. The predicted octanol–water partition coefficient (Wildman–Crippen LogP) is 5.72. The summed E-state index contributed by atoms with van der Waals surface area (Å²) in [6, 6.07) is 19.4. The molecule has 3 aromatic rings. The van der Waals surface area contributed by atoms with Crippen molar-refractivity contribution in [3.05, 3.63) is 99.0 Å². The molecule has 1 aliphatic rings. The Hall–Kier alpha value is -3.26. The number of halogens is 2. The largest absolute Gasteiger partial charge is 0.527 e. The van der Waals surface area contributed by atoms with Gasteiger partial charge >= 0.3 is 12.1 Å². The summed E-state index contributed by atoms with van der Waals surface area (Å²) in [6.45, 7) is -0.0259. The Morgan fingerprint density at radius 1 is 1.00 bits per heavy atom. The van der Waals surface area contributed by atoms with E-state index in [1.165, 1.54) is 5.06 Å². The number of carboxylic acid groups (broad SMARTS) is 1. The first-order valence-electron chi connectivity index (χ1n) is 11.0. The van der Waals surface area contributed by atoms with Gasteiger partial charge < -0.3 is 19.4 Å². The van der Waals surface area contributed by atoms with E-state index in [4.69, 9.17) is 42.6 Å².